The molecule has 0 aromatic heterocycles. The Kier molecular flexibility index (Phi) is 4.66. The average molecular weight is 298 g/mol. The first kappa shape index (κ1) is 15.6. The quantitative estimate of drug-likeness (QED) is 0.653. The van der Waals surface area contributed by atoms with E-state index in [2.05, 4.69) is 10.7 Å². The molecular formula is C13H22N4O4. The number of carbonyl (C=O) groups excluding carboxylic acids is 2. The number of hydrazine groups is 1. The summed E-state index contributed by atoms with van der Waals surface area (Å²) in [6.07, 6.45) is 3.07. The van der Waals surface area contributed by atoms with Gasteiger partial charge in [0.05, 0.1) is 0 Å². The van der Waals surface area contributed by atoms with Crippen LogP contribution in [0.5, 0.6) is 0 Å². The molecule has 0 spiro atoms. The van der Waals surface area contributed by atoms with Crippen molar-refractivity contribution in [2.24, 2.45) is 0 Å². The van der Waals surface area contributed by atoms with Crippen LogP contribution >= 0.6 is 0 Å². The lowest BCUT2D eigenvalue weighted by molar-refractivity contribution is -0.144. The first-order valence-corrected chi connectivity index (χ1v) is 7.25. The maximum absolute atomic E-state index is 12.3. The highest BCUT2D eigenvalue weighted by Crippen LogP contribution is 2.20. The lowest BCUT2D eigenvalue weighted by Gasteiger charge is -2.41. The Balaban J connectivity index is 2.06. The van der Waals surface area contributed by atoms with Crippen molar-refractivity contribution in [3.05, 3.63) is 0 Å². The molecule has 3 atom stereocenters. The smallest absolute Gasteiger partial charge is 0.333 e. The molecule has 2 fully saturated rings. The minimum atomic E-state index is -1.12. The molecule has 21 heavy (non-hydrogen) atoms. The predicted molar refractivity (Wildman–Crippen MR) is 74.3 cm³/mol. The van der Waals surface area contributed by atoms with Crippen molar-refractivity contribution in [3.63, 3.8) is 0 Å². The summed E-state index contributed by atoms with van der Waals surface area (Å²) in [5.74, 6) is -1.47. The first-order valence-electron chi connectivity index (χ1n) is 7.25. The molecule has 0 aliphatic carbocycles. The van der Waals surface area contributed by atoms with E-state index in [4.69, 9.17) is 5.11 Å². The van der Waals surface area contributed by atoms with Gasteiger partial charge in [0.1, 0.15) is 12.6 Å². The highest BCUT2D eigenvalue weighted by Gasteiger charge is 2.37. The van der Waals surface area contributed by atoms with E-state index in [0.717, 1.165) is 24.2 Å². The minimum absolute atomic E-state index is 0.0628. The largest absolute Gasteiger partial charge is 0.480 e. The van der Waals surface area contributed by atoms with Crippen LogP contribution in [0.25, 0.3) is 0 Å². The molecule has 2 saturated heterocycles. The number of nitrogens with one attached hydrogen (secondary N) is 2. The molecule has 0 aromatic rings. The average Bonchev–Trinajstić information content (AvgIpc) is 2.42. The van der Waals surface area contributed by atoms with Gasteiger partial charge in [-0.25, -0.2) is 14.6 Å². The van der Waals surface area contributed by atoms with Crippen LogP contribution in [-0.4, -0.2) is 64.1 Å². The lowest BCUT2D eigenvalue weighted by atomic mass is 10.00. The summed E-state index contributed by atoms with van der Waals surface area (Å²) >= 11 is 0. The molecule has 0 bridgehead atoms. The number of piperazine rings is 1. The van der Waals surface area contributed by atoms with E-state index >= 15 is 0 Å². The lowest BCUT2D eigenvalue weighted by Crippen LogP contribution is -2.64. The van der Waals surface area contributed by atoms with Gasteiger partial charge in [-0.2, -0.15) is 0 Å². The highest BCUT2D eigenvalue weighted by molar-refractivity contribution is 5.90. The zero-order chi connectivity index (χ0) is 15.6. The molecule has 0 radical (unpaired) electrons. The number of nitrogens with zero attached hydrogens (tertiary/aromatic N) is 2. The number of amides is 3. The molecule has 118 valence electrons. The number of carbonyl (C=O) groups is 3. The first-order chi connectivity index (χ1) is 9.90. The van der Waals surface area contributed by atoms with E-state index < -0.39 is 18.0 Å². The van der Waals surface area contributed by atoms with Crippen LogP contribution in [0.4, 0.5) is 4.79 Å². The van der Waals surface area contributed by atoms with Gasteiger partial charge >= 0.3 is 12.0 Å². The van der Waals surface area contributed by atoms with Gasteiger partial charge in [0, 0.05) is 18.6 Å². The van der Waals surface area contributed by atoms with Crippen LogP contribution in [0, 0.1) is 0 Å². The van der Waals surface area contributed by atoms with Gasteiger partial charge in [-0.1, -0.05) is 6.42 Å². The van der Waals surface area contributed by atoms with Crippen LogP contribution in [0.2, 0.25) is 0 Å². The zero-order valence-electron chi connectivity index (χ0n) is 12.3. The van der Waals surface area contributed by atoms with Crippen molar-refractivity contribution in [3.8, 4) is 0 Å². The summed E-state index contributed by atoms with van der Waals surface area (Å²) in [5.41, 5.74) is 2.77. The normalized spacial score (nSPS) is 30.7. The van der Waals surface area contributed by atoms with Gasteiger partial charge in [-0.05, 0) is 26.7 Å². The van der Waals surface area contributed by atoms with E-state index in [1.165, 1.54) is 0 Å². The molecule has 3 amide bonds. The van der Waals surface area contributed by atoms with Gasteiger partial charge < -0.3 is 10.4 Å². The molecule has 0 aromatic carbocycles. The summed E-state index contributed by atoms with van der Waals surface area (Å²) < 4.78 is 0. The number of hydrogen-bond donors (Lipinski definition) is 3. The summed E-state index contributed by atoms with van der Waals surface area (Å²) in [6, 6.07) is -1.17. The number of rotatable bonds is 2. The molecule has 8 nitrogen and oxygen atoms in total. The molecule has 2 aliphatic heterocycles. The Labute approximate surface area is 123 Å². The third kappa shape index (κ3) is 3.44. The number of urea groups is 1. The van der Waals surface area contributed by atoms with E-state index in [1.54, 1.807) is 0 Å². The van der Waals surface area contributed by atoms with Gasteiger partial charge in [0.15, 0.2) is 0 Å². The van der Waals surface area contributed by atoms with Crippen molar-refractivity contribution in [2.45, 2.75) is 51.2 Å². The van der Waals surface area contributed by atoms with Crippen molar-refractivity contribution >= 4 is 17.9 Å². The minimum Gasteiger partial charge on any atom is -0.480 e. The third-order valence-electron chi connectivity index (χ3n) is 4.15. The maximum atomic E-state index is 12.3. The number of piperidine rings is 1. The molecule has 3 unspecified atom stereocenters. The Morgan fingerprint density at radius 1 is 1.29 bits per heavy atom. The van der Waals surface area contributed by atoms with Crippen molar-refractivity contribution in [2.75, 3.05) is 13.1 Å². The second-order valence-electron chi connectivity index (χ2n) is 5.74. The van der Waals surface area contributed by atoms with Crippen molar-refractivity contribution in [1.82, 2.24) is 20.7 Å². The number of hydrogen-bond acceptors (Lipinski definition) is 4. The molecule has 8 heteroatoms. The van der Waals surface area contributed by atoms with Crippen molar-refractivity contribution < 1.29 is 19.5 Å². The van der Waals surface area contributed by atoms with E-state index in [1.807, 2.05) is 18.9 Å². The summed E-state index contributed by atoms with van der Waals surface area (Å²) in [7, 11) is 0. The standard InChI is InChI=1S/C13H22N4O4/c1-8-4-3-5-9(2)17(8)15-13(21)16-7-11(18)14-6-10(16)12(19)20/h8-10H,3-7H2,1-2H3,(H,14,18)(H,15,21)(H,19,20). The van der Waals surface area contributed by atoms with Gasteiger partial charge in [0.25, 0.3) is 0 Å². The van der Waals surface area contributed by atoms with Gasteiger partial charge in [-0.3, -0.25) is 15.1 Å². The van der Waals surface area contributed by atoms with E-state index in [0.29, 0.717) is 0 Å². The topological polar surface area (TPSA) is 102 Å². The van der Waals surface area contributed by atoms with Crippen LogP contribution in [0.15, 0.2) is 0 Å². The number of aliphatic carboxylic acids is 1. The molecule has 2 heterocycles. The second-order valence-corrected chi connectivity index (χ2v) is 5.74. The highest BCUT2D eigenvalue weighted by atomic mass is 16.4. The fourth-order valence-corrected chi connectivity index (χ4v) is 2.89. The summed E-state index contributed by atoms with van der Waals surface area (Å²) in [5, 5.41) is 13.5. The fourth-order valence-electron chi connectivity index (χ4n) is 2.89. The Morgan fingerprint density at radius 3 is 2.48 bits per heavy atom. The summed E-state index contributed by atoms with van der Waals surface area (Å²) in [4.78, 5) is 36.1. The Morgan fingerprint density at radius 2 is 1.90 bits per heavy atom. The second kappa shape index (κ2) is 6.30. The molecule has 2 rings (SSSR count). The predicted octanol–water partition coefficient (Wildman–Crippen LogP) is -0.241. The molecule has 0 saturated carbocycles. The van der Waals surface area contributed by atoms with E-state index in [9.17, 15) is 14.4 Å². The van der Waals surface area contributed by atoms with Gasteiger partial charge in [0.2, 0.25) is 5.91 Å². The SMILES string of the molecule is CC1CCCC(C)N1NC(=O)N1CC(=O)NCC1C(=O)O. The monoisotopic (exact) mass is 298 g/mol. The summed E-state index contributed by atoms with van der Waals surface area (Å²) in [6.45, 7) is 3.74. The van der Waals surface area contributed by atoms with Gasteiger partial charge in [-0.15, -0.1) is 0 Å². The van der Waals surface area contributed by atoms with E-state index in [-0.39, 0.29) is 31.1 Å². The van der Waals surface area contributed by atoms with Crippen LogP contribution in [-0.2, 0) is 9.59 Å². The van der Waals surface area contributed by atoms with Crippen LogP contribution in [0.1, 0.15) is 33.1 Å². The zero-order valence-corrected chi connectivity index (χ0v) is 12.3. The number of carboxylic acids is 1. The Bertz CT molecular complexity index is 432. The molecule has 2 aliphatic rings. The molecular weight excluding hydrogens is 276 g/mol. The number of carboxylic acid groups (broad SMARTS) is 1. The van der Waals surface area contributed by atoms with Crippen LogP contribution in [0.3, 0.4) is 0 Å². The van der Waals surface area contributed by atoms with Crippen molar-refractivity contribution in [1.29, 1.82) is 0 Å². The van der Waals surface area contributed by atoms with Crippen LogP contribution < -0.4 is 10.7 Å². The fraction of sp³-hybridized carbons (Fsp3) is 0.769. The molecule has 3 N–H and O–H groups in total. The Hall–Kier alpha value is -1.83. The maximum Gasteiger partial charge on any atom is 0.333 e. The third-order valence-corrected chi connectivity index (χ3v) is 4.15.